The van der Waals surface area contributed by atoms with Gasteiger partial charge in [-0.15, -0.1) is 0 Å². The Bertz CT molecular complexity index is 1130. The van der Waals surface area contributed by atoms with Crippen molar-refractivity contribution in [1.82, 2.24) is 0 Å². The molecule has 0 unspecified atom stereocenters. The lowest BCUT2D eigenvalue weighted by molar-refractivity contribution is -0.187. The first-order valence-electron chi connectivity index (χ1n) is 11.2. The van der Waals surface area contributed by atoms with E-state index in [0.29, 0.717) is 41.9 Å². The Morgan fingerprint density at radius 2 is 1.52 bits per heavy atom. The standard InChI is InChI=1S/C28H27F3O2/c1-3-5-6-20-11-14-24(28(31)27(20)30)19-9-7-18(8-10-19)21-12-13-23(25(29)15-21)22-16-32-26(4-2)33-17-22/h3,5,7-15,22,26H,4,6,16-17H2,1-2H3/b5-3-. The predicted octanol–water partition coefficient (Wildman–Crippen LogP) is 7.42. The Kier molecular flexibility index (Phi) is 7.31. The Hall–Kier alpha value is -2.89. The molecule has 0 amide bonds. The van der Waals surface area contributed by atoms with Gasteiger partial charge in [-0.2, -0.15) is 0 Å². The van der Waals surface area contributed by atoms with Crippen LogP contribution in [-0.4, -0.2) is 19.5 Å². The molecule has 1 saturated heterocycles. The second-order valence-corrected chi connectivity index (χ2v) is 8.19. The molecule has 0 N–H and O–H groups in total. The third-order valence-corrected chi connectivity index (χ3v) is 6.01. The van der Waals surface area contributed by atoms with Gasteiger partial charge in [0.15, 0.2) is 17.9 Å². The maximum absolute atomic E-state index is 14.9. The van der Waals surface area contributed by atoms with Crippen molar-refractivity contribution in [3.63, 3.8) is 0 Å². The van der Waals surface area contributed by atoms with Crippen molar-refractivity contribution in [2.24, 2.45) is 0 Å². The number of rotatable bonds is 6. The maximum atomic E-state index is 14.9. The Morgan fingerprint density at radius 1 is 0.848 bits per heavy atom. The molecule has 1 aliphatic rings. The molecular weight excluding hydrogens is 425 g/mol. The number of benzene rings is 3. The Morgan fingerprint density at radius 3 is 2.15 bits per heavy atom. The van der Waals surface area contributed by atoms with Crippen LogP contribution in [0.15, 0.2) is 66.7 Å². The summed E-state index contributed by atoms with van der Waals surface area (Å²) >= 11 is 0. The summed E-state index contributed by atoms with van der Waals surface area (Å²) < 4.78 is 55.2. The fourth-order valence-electron chi connectivity index (χ4n) is 4.05. The summed E-state index contributed by atoms with van der Waals surface area (Å²) in [5.74, 6) is -2.14. The molecule has 0 aliphatic carbocycles. The first-order chi connectivity index (χ1) is 16.0. The summed E-state index contributed by atoms with van der Waals surface area (Å²) in [4.78, 5) is 0. The molecule has 3 aromatic carbocycles. The van der Waals surface area contributed by atoms with Gasteiger partial charge in [-0.1, -0.05) is 67.6 Å². The first-order valence-corrected chi connectivity index (χ1v) is 11.2. The molecule has 0 radical (unpaired) electrons. The fraction of sp³-hybridized carbons (Fsp3) is 0.286. The molecule has 5 heteroatoms. The minimum Gasteiger partial charge on any atom is -0.352 e. The van der Waals surface area contributed by atoms with Gasteiger partial charge in [0, 0.05) is 11.5 Å². The number of halogens is 3. The highest BCUT2D eigenvalue weighted by Crippen LogP contribution is 2.32. The minimum absolute atomic E-state index is 0.141. The van der Waals surface area contributed by atoms with Crippen molar-refractivity contribution in [1.29, 1.82) is 0 Å². The van der Waals surface area contributed by atoms with Crippen LogP contribution in [0, 0.1) is 17.5 Å². The SMILES string of the molecule is C/C=C\Cc1ccc(-c2ccc(-c3ccc(C4COC(CC)OC4)c(F)c3)cc2)c(F)c1F. The van der Waals surface area contributed by atoms with Crippen LogP contribution in [0.2, 0.25) is 0 Å². The van der Waals surface area contributed by atoms with Crippen LogP contribution >= 0.6 is 0 Å². The minimum atomic E-state index is -0.859. The quantitative estimate of drug-likeness (QED) is 0.362. The summed E-state index contributed by atoms with van der Waals surface area (Å²) in [5.41, 5.74) is 3.15. The van der Waals surface area contributed by atoms with Crippen LogP contribution in [0.25, 0.3) is 22.3 Å². The van der Waals surface area contributed by atoms with Crippen LogP contribution in [0.5, 0.6) is 0 Å². The predicted molar refractivity (Wildman–Crippen MR) is 124 cm³/mol. The number of allylic oxidation sites excluding steroid dienone is 2. The van der Waals surface area contributed by atoms with Crippen LogP contribution in [0.1, 0.15) is 37.3 Å². The lowest BCUT2D eigenvalue weighted by Gasteiger charge is -2.29. The van der Waals surface area contributed by atoms with E-state index >= 15 is 0 Å². The largest absolute Gasteiger partial charge is 0.352 e. The van der Waals surface area contributed by atoms with Crippen LogP contribution in [0.4, 0.5) is 13.2 Å². The lowest BCUT2D eigenvalue weighted by Crippen LogP contribution is -2.30. The first kappa shape index (κ1) is 23.3. The molecule has 0 bridgehead atoms. The monoisotopic (exact) mass is 452 g/mol. The van der Waals surface area contributed by atoms with Crippen molar-refractivity contribution in [3.05, 3.63) is 95.3 Å². The molecule has 2 nitrogen and oxygen atoms in total. The normalized spacial score (nSPS) is 18.7. The zero-order valence-corrected chi connectivity index (χ0v) is 18.8. The third kappa shape index (κ3) is 5.05. The number of hydrogen-bond donors (Lipinski definition) is 0. The topological polar surface area (TPSA) is 18.5 Å². The van der Waals surface area contributed by atoms with E-state index in [1.807, 2.05) is 19.9 Å². The molecule has 4 rings (SSSR count). The van der Waals surface area contributed by atoms with Gasteiger partial charge >= 0.3 is 0 Å². The molecule has 3 aromatic rings. The van der Waals surface area contributed by atoms with E-state index in [2.05, 4.69) is 0 Å². The van der Waals surface area contributed by atoms with Crippen molar-refractivity contribution < 1.29 is 22.6 Å². The van der Waals surface area contributed by atoms with Gasteiger partial charge in [-0.25, -0.2) is 13.2 Å². The summed E-state index contributed by atoms with van der Waals surface area (Å²) in [7, 11) is 0. The Balaban J connectivity index is 1.53. The highest BCUT2D eigenvalue weighted by Gasteiger charge is 2.24. The van der Waals surface area contributed by atoms with E-state index in [1.54, 1.807) is 54.6 Å². The van der Waals surface area contributed by atoms with Gasteiger partial charge in [-0.05, 0) is 53.6 Å². The molecule has 0 spiro atoms. The number of ether oxygens (including phenoxy) is 2. The highest BCUT2D eigenvalue weighted by molar-refractivity contribution is 5.71. The van der Waals surface area contributed by atoms with Crippen molar-refractivity contribution >= 4 is 0 Å². The fourth-order valence-corrected chi connectivity index (χ4v) is 4.05. The zero-order chi connectivity index (χ0) is 23.4. The van der Waals surface area contributed by atoms with Gasteiger partial charge in [0.2, 0.25) is 0 Å². The molecule has 1 heterocycles. The van der Waals surface area contributed by atoms with E-state index in [1.165, 1.54) is 6.07 Å². The Labute approximate surface area is 192 Å². The van der Waals surface area contributed by atoms with Crippen molar-refractivity contribution in [3.8, 4) is 22.3 Å². The summed E-state index contributed by atoms with van der Waals surface area (Å²) in [5, 5.41) is 0. The van der Waals surface area contributed by atoms with Gasteiger partial charge in [-0.3, -0.25) is 0 Å². The smallest absolute Gasteiger partial charge is 0.166 e. The van der Waals surface area contributed by atoms with E-state index in [0.717, 1.165) is 12.0 Å². The molecule has 0 saturated carbocycles. The third-order valence-electron chi connectivity index (χ3n) is 6.01. The summed E-state index contributed by atoms with van der Waals surface area (Å²) in [6.07, 6.45) is 4.48. The molecular formula is C28H27F3O2. The van der Waals surface area contributed by atoms with Gasteiger partial charge in [0.25, 0.3) is 0 Å². The van der Waals surface area contributed by atoms with Crippen LogP contribution in [0.3, 0.4) is 0 Å². The lowest BCUT2D eigenvalue weighted by atomic mass is 9.94. The molecule has 1 aliphatic heterocycles. The van der Waals surface area contributed by atoms with Gasteiger partial charge in [0.05, 0.1) is 13.2 Å². The second-order valence-electron chi connectivity index (χ2n) is 8.19. The highest BCUT2D eigenvalue weighted by atomic mass is 19.2. The molecule has 33 heavy (non-hydrogen) atoms. The van der Waals surface area contributed by atoms with Gasteiger partial charge < -0.3 is 9.47 Å². The summed E-state index contributed by atoms with van der Waals surface area (Å²) in [6, 6.07) is 15.3. The van der Waals surface area contributed by atoms with Crippen LogP contribution in [-0.2, 0) is 15.9 Å². The molecule has 172 valence electrons. The van der Waals surface area contributed by atoms with E-state index in [9.17, 15) is 13.2 Å². The number of hydrogen-bond acceptors (Lipinski definition) is 2. The van der Waals surface area contributed by atoms with Crippen LogP contribution < -0.4 is 0 Å². The molecule has 0 atom stereocenters. The second kappa shape index (κ2) is 10.4. The summed E-state index contributed by atoms with van der Waals surface area (Å²) in [6.45, 7) is 4.68. The zero-order valence-electron chi connectivity index (χ0n) is 18.8. The van der Waals surface area contributed by atoms with Crippen molar-refractivity contribution in [2.45, 2.75) is 38.9 Å². The molecule has 0 aromatic heterocycles. The van der Waals surface area contributed by atoms with E-state index < -0.39 is 11.6 Å². The van der Waals surface area contributed by atoms with E-state index in [4.69, 9.17) is 9.47 Å². The average molecular weight is 453 g/mol. The average Bonchev–Trinajstić information content (AvgIpc) is 2.85. The maximum Gasteiger partial charge on any atom is 0.166 e. The van der Waals surface area contributed by atoms with Gasteiger partial charge in [0.1, 0.15) is 5.82 Å². The van der Waals surface area contributed by atoms with Crippen molar-refractivity contribution in [2.75, 3.05) is 13.2 Å². The van der Waals surface area contributed by atoms with E-state index in [-0.39, 0.29) is 23.6 Å². The molecule has 1 fully saturated rings.